The standard InChI is InChI=1S/C20H14N4O12S4.Na.H/c25-37(26,27)11-5-13-17(15(7-11)39(31,32)33)23-19(21-13)9-1-2-10(4-3-9)20-22-14-6-12(38(28,29)30)8-16(18(14)24-20)40(34,35)36;;/h1-8H,(H,21,23)(H,22,24)(H,25,26,27)(H,28,29,30)(H,31,32,33)(H,34,35,36);;/q;+1;-1. The van der Waals surface area contributed by atoms with Crippen LogP contribution in [0.15, 0.2) is 68.1 Å². The predicted molar refractivity (Wildman–Crippen MR) is 137 cm³/mol. The summed E-state index contributed by atoms with van der Waals surface area (Å²) in [7, 11) is -19.6. The number of hydrogen-bond donors (Lipinski definition) is 6. The van der Waals surface area contributed by atoms with Gasteiger partial charge in [-0.2, -0.15) is 33.7 Å². The molecule has 0 unspecified atom stereocenters. The molecule has 0 saturated heterocycles. The van der Waals surface area contributed by atoms with Crippen LogP contribution >= 0.6 is 0 Å². The summed E-state index contributed by atoms with van der Waals surface area (Å²) in [6, 6.07) is 8.80. The number of imidazole rings is 2. The molecule has 3 aromatic carbocycles. The zero-order valence-electron chi connectivity index (χ0n) is 21.2. The Hall–Kier alpha value is -2.76. The number of aromatic nitrogens is 4. The zero-order chi connectivity index (χ0) is 29.4. The fourth-order valence-electron chi connectivity index (χ4n) is 3.87. The average Bonchev–Trinajstić information content (AvgIpc) is 3.44. The van der Waals surface area contributed by atoms with E-state index in [1.54, 1.807) is 0 Å². The summed E-state index contributed by atoms with van der Waals surface area (Å²) in [5, 5.41) is 0. The number of rotatable bonds is 6. The molecule has 0 aliphatic carbocycles. The Morgan fingerprint density at radius 1 is 0.537 bits per heavy atom. The summed E-state index contributed by atoms with van der Waals surface area (Å²) in [5.74, 6) is 0.0741. The van der Waals surface area contributed by atoms with Gasteiger partial charge in [0.1, 0.15) is 32.5 Å². The van der Waals surface area contributed by atoms with Crippen molar-refractivity contribution in [3.63, 3.8) is 0 Å². The van der Waals surface area contributed by atoms with Crippen molar-refractivity contribution in [1.29, 1.82) is 0 Å². The molecule has 0 fully saturated rings. The van der Waals surface area contributed by atoms with Gasteiger partial charge in [0, 0.05) is 11.1 Å². The van der Waals surface area contributed by atoms with Crippen molar-refractivity contribution < 1.29 is 82.9 Å². The molecular formula is C20H15N4NaO12S4. The molecule has 6 N–H and O–H groups in total. The van der Waals surface area contributed by atoms with E-state index in [0.717, 1.165) is 12.1 Å². The Bertz CT molecular complexity index is 2150. The van der Waals surface area contributed by atoms with E-state index in [1.165, 1.54) is 24.3 Å². The number of aromatic amines is 2. The maximum atomic E-state index is 11.8. The molecule has 21 heteroatoms. The Labute approximate surface area is 254 Å². The molecule has 0 aliphatic rings. The van der Waals surface area contributed by atoms with Gasteiger partial charge in [-0.05, 0) is 24.3 Å². The van der Waals surface area contributed by atoms with Crippen molar-refractivity contribution in [3.8, 4) is 22.8 Å². The second-order valence-electron chi connectivity index (χ2n) is 8.28. The van der Waals surface area contributed by atoms with Gasteiger partial charge in [0.15, 0.2) is 0 Å². The molecule has 16 nitrogen and oxygen atoms in total. The van der Waals surface area contributed by atoms with E-state index >= 15 is 0 Å². The van der Waals surface area contributed by atoms with Crippen LogP contribution in [0.1, 0.15) is 1.43 Å². The summed E-state index contributed by atoms with van der Waals surface area (Å²) in [6.07, 6.45) is 0. The van der Waals surface area contributed by atoms with Gasteiger partial charge in [0.2, 0.25) is 0 Å². The first-order chi connectivity index (χ1) is 18.3. The van der Waals surface area contributed by atoms with Gasteiger partial charge in [-0.1, -0.05) is 24.3 Å². The van der Waals surface area contributed by atoms with E-state index in [9.17, 15) is 51.9 Å². The molecular weight excluding hydrogens is 639 g/mol. The molecule has 0 bridgehead atoms. The van der Waals surface area contributed by atoms with Crippen molar-refractivity contribution in [2.45, 2.75) is 19.6 Å². The van der Waals surface area contributed by atoms with Crippen molar-refractivity contribution in [2.24, 2.45) is 0 Å². The maximum absolute atomic E-state index is 11.8. The Morgan fingerprint density at radius 2 is 0.854 bits per heavy atom. The zero-order valence-corrected chi connectivity index (χ0v) is 25.5. The van der Waals surface area contributed by atoms with Gasteiger partial charge < -0.3 is 11.4 Å². The average molecular weight is 655 g/mol. The van der Waals surface area contributed by atoms with Crippen LogP contribution in [0, 0.1) is 0 Å². The van der Waals surface area contributed by atoms with Crippen molar-refractivity contribution in [2.75, 3.05) is 0 Å². The first-order valence-electron chi connectivity index (χ1n) is 10.4. The molecule has 5 aromatic rings. The quantitative estimate of drug-likeness (QED) is 0.0935. The van der Waals surface area contributed by atoms with Crippen LogP contribution in [0.2, 0.25) is 0 Å². The molecule has 2 heterocycles. The van der Waals surface area contributed by atoms with Gasteiger partial charge in [-0.3, -0.25) is 18.2 Å². The summed E-state index contributed by atoms with van der Waals surface area (Å²) < 4.78 is 131. The van der Waals surface area contributed by atoms with Crippen LogP contribution in [0.25, 0.3) is 44.8 Å². The van der Waals surface area contributed by atoms with Crippen LogP contribution in [-0.2, 0) is 40.5 Å². The summed E-state index contributed by atoms with van der Waals surface area (Å²) in [6.45, 7) is 0. The molecule has 0 saturated carbocycles. The van der Waals surface area contributed by atoms with Crippen LogP contribution in [0.5, 0.6) is 0 Å². The van der Waals surface area contributed by atoms with Crippen molar-refractivity contribution in [3.05, 3.63) is 48.5 Å². The van der Waals surface area contributed by atoms with E-state index < -0.39 is 60.1 Å². The molecule has 0 amide bonds. The van der Waals surface area contributed by atoms with Gasteiger partial charge in [-0.15, -0.1) is 0 Å². The van der Waals surface area contributed by atoms with Gasteiger partial charge in [0.05, 0.1) is 20.8 Å². The second-order valence-corrected chi connectivity index (χ2v) is 13.9. The minimum absolute atomic E-state index is 0. The number of benzene rings is 3. The van der Waals surface area contributed by atoms with E-state index in [0.29, 0.717) is 23.3 Å². The molecule has 212 valence electrons. The predicted octanol–water partition coefficient (Wildman–Crippen LogP) is -1.12. The minimum Gasteiger partial charge on any atom is -1.00 e. The smallest absolute Gasteiger partial charge is 1.00 e. The Morgan fingerprint density at radius 3 is 1.12 bits per heavy atom. The van der Waals surface area contributed by atoms with Crippen molar-refractivity contribution >= 4 is 62.5 Å². The third kappa shape index (κ3) is 6.08. The molecule has 0 radical (unpaired) electrons. The monoisotopic (exact) mass is 654 g/mol. The van der Waals surface area contributed by atoms with Crippen LogP contribution in [-0.4, -0.2) is 71.8 Å². The first-order valence-corrected chi connectivity index (χ1v) is 16.2. The van der Waals surface area contributed by atoms with Gasteiger partial charge in [-0.25, -0.2) is 9.97 Å². The SMILES string of the molecule is O=S(=O)(O)c1cc(S(=O)(=O)O)c2nc(-c3ccc(-c4nc5c(S(=O)(=O)O)cc(S(=O)(=O)O)cc5[nH]4)cc3)[nH]c2c1.[H-].[Na+]. The van der Waals surface area contributed by atoms with Crippen molar-refractivity contribution in [1.82, 2.24) is 19.9 Å². The first kappa shape index (κ1) is 31.2. The third-order valence-corrected chi connectivity index (χ3v) is 9.03. The summed E-state index contributed by atoms with van der Waals surface area (Å²) in [4.78, 5) is 10.3. The van der Waals surface area contributed by atoms with E-state index in [2.05, 4.69) is 19.9 Å². The second kappa shape index (κ2) is 10.2. The number of nitrogens with one attached hydrogen (secondary N) is 2. The molecule has 41 heavy (non-hydrogen) atoms. The number of hydrogen-bond acceptors (Lipinski definition) is 10. The van der Waals surface area contributed by atoms with Gasteiger partial charge >= 0.3 is 29.6 Å². The molecule has 0 aliphatic heterocycles. The summed E-state index contributed by atoms with van der Waals surface area (Å²) in [5.41, 5.74) is -0.216. The third-order valence-electron chi connectivity index (χ3n) is 5.63. The van der Waals surface area contributed by atoms with Gasteiger partial charge in [0.25, 0.3) is 40.5 Å². The molecule has 2 aromatic heterocycles. The fraction of sp³-hybridized carbons (Fsp3) is 0. The molecule has 5 rings (SSSR count). The normalized spacial score (nSPS) is 13.0. The maximum Gasteiger partial charge on any atom is 1.00 e. The van der Waals surface area contributed by atoms with E-state index in [1.807, 2.05) is 0 Å². The topological polar surface area (TPSA) is 275 Å². The number of nitrogens with zero attached hydrogens (tertiary/aromatic N) is 2. The fourth-order valence-corrected chi connectivity index (χ4v) is 6.44. The molecule has 0 atom stereocenters. The summed E-state index contributed by atoms with van der Waals surface area (Å²) >= 11 is 0. The molecule has 0 spiro atoms. The van der Waals surface area contributed by atoms with Crippen LogP contribution in [0.4, 0.5) is 0 Å². The van der Waals surface area contributed by atoms with E-state index in [-0.39, 0.29) is 64.7 Å². The van der Waals surface area contributed by atoms with Crippen LogP contribution < -0.4 is 29.6 Å². The van der Waals surface area contributed by atoms with E-state index in [4.69, 9.17) is 0 Å². The minimum atomic E-state index is -4.95. The Kier molecular flexibility index (Phi) is 7.76. The number of H-pyrrole nitrogens is 2. The van der Waals surface area contributed by atoms with Crippen LogP contribution in [0.3, 0.4) is 0 Å². The largest absolute Gasteiger partial charge is 1.00 e. The number of fused-ring (bicyclic) bond motifs is 2. The Balaban J connectivity index is 0.00000242.